The molecular formula is C14H22N2O. The van der Waals surface area contributed by atoms with Crippen LogP contribution < -0.4 is 5.32 Å². The monoisotopic (exact) mass is 234 g/mol. The SMILES string of the molecule is OC1(CNCCc2cccnc2)CCCCC1. The van der Waals surface area contributed by atoms with E-state index in [9.17, 15) is 5.11 Å². The van der Waals surface area contributed by atoms with Crippen molar-refractivity contribution in [2.24, 2.45) is 0 Å². The molecule has 17 heavy (non-hydrogen) atoms. The number of hydrogen-bond acceptors (Lipinski definition) is 3. The van der Waals surface area contributed by atoms with E-state index in [1.165, 1.54) is 24.8 Å². The van der Waals surface area contributed by atoms with Gasteiger partial charge in [-0.15, -0.1) is 0 Å². The Morgan fingerprint density at radius 3 is 2.82 bits per heavy atom. The molecule has 1 fully saturated rings. The second kappa shape index (κ2) is 6.12. The first-order chi connectivity index (χ1) is 8.29. The van der Waals surface area contributed by atoms with Crippen molar-refractivity contribution in [3.8, 4) is 0 Å². The molecule has 1 aromatic rings. The highest BCUT2D eigenvalue weighted by Gasteiger charge is 2.28. The Kier molecular flexibility index (Phi) is 4.51. The Bertz CT molecular complexity index is 320. The Balaban J connectivity index is 1.66. The van der Waals surface area contributed by atoms with E-state index in [-0.39, 0.29) is 0 Å². The number of nitrogens with zero attached hydrogens (tertiary/aromatic N) is 1. The second-order valence-electron chi connectivity index (χ2n) is 5.07. The number of rotatable bonds is 5. The van der Waals surface area contributed by atoms with Crippen LogP contribution in [0.15, 0.2) is 24.5 Å². The number of aromatic nitrogens is 1. The van der Waals surface area contributed by atoms with E-state index >= 15 is 0 Å². The van der Waals surface area contributed by atoms with Crippen molar-refractivity contribution < 1.29 is 5.11 Å². The molecule has 0 bridgehead atoms. The normalized spacial score (nSPS) is 19.1. The molecule has 0 radical (unpaired) electrons. The third-order valence-corrected chi connectivity index (χ3v) is 3.55. The molecule has 3 heteroatoms. The van der Waals surface area contributed by atoms with Crippen LogP contribution in [0.5, 0.6) is 0 Å². The van der Waals surface area contributed by atoms with Crippen molar-refractivity contribution in [2.45, 2.75) is 44.1 Å². The van der Waals surface area contributed by atoms with E-state index < -0.39 is 5.60 Å². The highest BCUT2D eigenvalue weighted by atomic mass is 16.3. The summed E-state index contributed by atoms with van der Waals surface area (Å²) in [6.07, 6.45) is 10.2. The molecule has 1 heterocycles. The summed E-state index contributed by atoms with van der Waals surface area (Å²) in [7, 11) is 0. The van der Waals surface area contributed by atoms with Crippen LogP contribution in [-0.4, -0.2) is 28.8 Å². The molecule has 0 aliphatic heterocycles. The van der Waals surface area contributed by atoms with Gasteiger partial charge in [-0.1, -0.05) is 25.3 Å². The van der Waals surface area contributed by atoms with Gasteiger partial charge >= 0.3 is 0 Å². The lowest BCUT2D eigenvalue weighted by atomic mass is 9.85. The second-order valence-corrected chi connectivity index (χ2v) is 5.07. The molecule has 0 unspecified atom stereocenters. The van der Waals surface area contributed by atoms with Gasteiger partial charge in [0.05, 0.1) is 5.60 Å². The van der Waals surface area contributed by atoms with Gasteiger partial charge in [0.25, 0.3) is 0 Å². The Labute approximate surface area is 103 Å². The van der Waals surface area contributed by atoms with Gasteiger partial charge in [0.2, 0.25) is 0 Å². The molecule has 2 N–H and O–H groups in total. The third kappa shape index (κ3) is 4.10. The van der Waals surface area contributed by atoms with Crippen molar-refractivity contribution in [2.75, 3.05) is 13.1 Å². The average molecular weight is 234 g/mol. The molecule has 1 saturated carbocycles. The maximum absolute atomic E-state index is 10.3. The van der Waals surface area contributed by atoms with Crippen molar-refractivity contribution >= 4 is 0 Å². The summed E-state index contributed by atoms with van der Waals surface area (Å²) in [5.41, 5.74) is 0.795. The van der Waals surface area contributed by atoms with Gasteiger partial charge in [-0.25, -0.2) is 0 Å². The Morgan fingerprint density at radius 2 is 2.12 bits per heavy atom. The lowest BCUT2D eigenvalue weighted by Crippen LogP contribution is -2.42. The van der Waals surface area contributed by atoms with Crippen LogP contribution in [0.4, 0.5) is 0 Å². The first-order valence-corrected chi connectivity index (χ1v) is 6.61. The smallest absolute Gasteiger partial charge is 0.0771 e. The lowest BCUT2D eigenvalue weighted by Gasteiger charge is -2.32. The molecule has 0 aromatic carbocycles. The largest absolute Gasteiger partial charge is 0.389 e. The zero-order valence-corrected chi connectivity index (χ0v) is 10.4. The zero-order valence-electron chi connectivity index (χ0n) is 10.4. The quantitative estimate of drug-likeness (QED) is 0.765. The van der Waals surface area contributed by atoms with E-state index in [0.717, 1.165) is 32.4 Å². The summed E-state index contributed by atoms with van der Waals surface area (Å²) in [5.74, 6) is 0. The predicted molar refractivity (Wildman–Crippen MR) is 68.8 cm³/mol. The van der Waals surface area contributed by atoms with Gasteiger partial charge in [0.1, 0.15) is 0 Å². The minimum atomic E-state index is -0.451. The standard InChI is InChI=1S/C14H22N2O/c17-14(7-2-1-3-8-14)12-16-10-6-13-5-4-9-15-11-13/h4-5,9,11,16-17H,1-3,6-8,10,12H2. The summed E-state index contributed by atoms with van der Waals surface area (Å²) in [6, 6.07) is 4.05. The first kappa shape index (κ1) is 12.5. The molecule has 3 nitrogen and oxygen atoms in total. The van der Waals surface area contributed by atoms with Crippen molar-refractivity contribution in [3.63, 3.8) is 0 Å². The zero-order chi connectivity index (χ0) is 12.0. The van der Waals surface area contributed by atoms with E-state index in [1.54, 1.807) is 6.20 Å². The minimum Gasteiger partial charge on any atom is -0.389 e. The van der Waals surface area contributed by atoms with Crippen LogP contribution in [-0.2, 0) is 6.42 Å². The number of aliphatic hydroxyl groups is 1. The molecule has 1 aliphatic rings. The Morgan fingerprint density at radius 1 is 1.29 bits per heavy atom. The summed E-state index contributed by atoms with van der Waals surface area (Å²) in [5, 5.41) is 13.7. The van der Waals surface area contributed by atoms with E-state index in [4.69, 9.17) is 0 Å². The van der Waals surface area contributed by atoms with Crippen LogP contribution in [0.2, 0.25) is 0 Å². The van der Waals surface area contributed by atoms with Gasteiger partial charge in [0.15, 0.2) is 0 Å². The summed E-state index contributed by atoms with van der Waals surface area (Å²) in [6.45, 7) is 1.64. The first-order valence-electron chi connectivity index (χ1n) is 6.61. The van der Waals surface area contributed by atoms with Crippen LogP contribution in [0.3, 0.4) is 0 Å². The van der Waals surface area contributed by atoms with Crippen molar-refractivity contribution in [1.82, 2.24) is 10.3 Å². The number of hydrogen-bond donors (Lipinski definition) is 2. The van der Waals surface area contributed by atoms with Gasteiger partial charge < -0.3 is 10.4 Å². The summed E-state index contributed by atoms with van der Waals surface area (Å²) >= 11 is 0. The van der Waals surface area contributed by atoms with Crippen LogP contribution in [0.25, 0.3) is 0 Å². The Hall–Kier alpha value is -0.930. The predicted octanol–water partition coefficient (Wildman–Crippen LogP) is 1.91. The topological polar surface area (TPSA) is 45.1 Å². The fraction of sp³-hybridized carbons (Fsp3) is 0.643. The maximum Gasteiger partial charge on any atom is 0.0771 e. The number of pyridine rings is 1. The third-order valence-electron chi connectivity index (χ3n) is 3.55. The molecule has 0 saturated heterocycles. The molecule has 0 atom stereocenters. The van der Waals surface area contributed by atoms with Crippen LogP contribution in [0.1, 0.15) is 37.7 Å². The van der Waals surface area contributed by atoms with Crippen LogP contribution in [0, 0.1) is 0 Å². The molecule has 0 amide bonds. The van der Waals surface area contributed by atoms with Gasteiger partial charge in [0, 0.05) is 18.9 Å². The molecule has 1 aliphatic carbocycles. The van der Waals surface area contributed by atoms with Gasteiger partial charge in [-0.2, -0.15) is 0 Å². The number of nitrogens with one attached hydrogen (secondary N) is 1. The van der Waals surface area contributed by atoms with Crippen LogP contribution >= 0.6 is 0 Å². The van der Waals surface area contributed by atoms with Crippen molar-refractivity contribution in [1.29, 1.82) is 0 Å². The average Bonchev–Trinajstić information content (AvgIpc) is 2.37. The highest BCUT2D eigenvalue weighted by Crippen LogP contribution is 2.27. The molecular weight excluding hydrogens is 212 g/mol. The van der Waals surface area contributed by atoms with E-state index in [2.05, 4.69) is 16.4 Å². The minimum absolute atomic E-state index is 0.451. The van der Waals surface area contributed by atoms with Crippen molar-refractivity contribution in [3.05, 3.63) is 30.1 Å². The van der Waals surface area contributed by atoms with E-state index in [0.29, 0.717) is 0 Å². The van der Waals surface area contributed by atoms with E-state index in [1.807, 2.05) is 12.3 Å². The molecule has 1 aromatic heterocycles. The summed E-state index contributed by atoms with van der Waals surface area (Å²) in [4.78, 5) is 4.09. The fourth-order valence-electron chi connectivity index (χ4n) is 2.49. The van der Waals surface area contributed by atoms with Gasteiger partial charge in [-0.05, 0) is 37.4 Å². The molecule has 2 rings (SSSR count). The molecule has 94 valence electrons. The molecule has 0 spiro atoms. The highest BCUT2D eigenvalue weighted by molar-refractivity contribution is 5.08. The fourth-order valence-corrected chi connectivity index (χ4v) is 2.49. The lowest BCUT2D eigenvalue weighted by molar-refractivity contribution is 0.00517. The maximum atomic E-state index is 10.3. The summed E-state index contributed by atoms with van der Waals surface area (Å²) < 4.78 is 0. The van der Waals surface area contributed by atoms with Gasteiger partial charge in [-0.3, -0.25) is 4.98 Å².